The number of rotatable bonds is 7. The molecular weight excluding hydrogens is 500 g/mol. The molecule has 1 atom stereocenters. The van der Waals surface area contributed by atoms with Gasteiger partial charge in [0.1, 0.15) is 28.9 Å². The number of fused-ring (bicyclic) bond motifs is 1. The van der Waals surface area contributed by atoms with Crippen LogP contribution in [0, 0.1) is 11.3 Å². The second kappa shape index (κ2) is 10.6. The highest BCUT2D eigenvalue weighted by Crippen LogP contribution is 2.47. The predicted molar refractivity (Wildman–Crippen MR) is 135 cm³/mol. The van der Waals surface area contributed by atoms with Gasteiger partial charge in [-0.25, -0.2) is 4.79 Å². The summed E-state index contributed by atoms with van der Waals surface area (Å²) >= 11 is 6.13. The van der Waals surface area contributed by atoms with Gasteiger partial charge in [0.05, 0.1) is 44.9 Å². The number of ether oxygens (including phenoxy) is 6. The number of hydrogen-bond acceptors (Lipinski definition) is 9. The van der Waals surface area contributed by atoms with Crippen LogP contribution in [0.15, 0.2) is 60.0 Å². The summed E-state index contributed by atoms with van der Waals surface area (Å²) in [5.41, 5.74) is 7.87. The highest BCUT2D eigenvalue weighted by molar-refractivity contribution is 6.32. The molecule has 0 fully saturated rings. The minimum absolute atomic E-state index is 0.0702. The molecule has 1 heterocycles. The van der Waals surface area contributed by atoms with Crippen molar-refractivity contribution in [2.45, 2.75) is 5.92 Å². The van der Waals surface area contributed by atoms with Gasteiger partial charge in [-0.1, -0.05) is 17.7 Å². The van der Waals surface area contributed by atoms with E-state index in [-0.39, 0.29) is 27.8 Å². The maximum absolute atomic E-state index is 12.7. The zero-order valence-electron chi connectivity index (χ0n) is 20.5. The average Bonchev–Trinajstić information content (AvgIpc) is 2.91. The standard InChI is InChI=1S/C27H23ClN2O7/c1-32-20-8-5-14(9-19(20)28)27(31)36-16-6-7-17-21(12-16)37-26(30)18(13-29)24(17)15-10-22(33-2)25(35-4)23(11-15)34-3/h5-12,24H,30H2,1-4H3. The summed E-state index contributed by atoms with van der Waals surface area (Å²) in [7, 11) is 6.00. The summed E-state index contributed by atoms with van der Waals surface area (Å²) < 4.78 is 32.8. The first-order chi connectivity index (χ1) is 17.8. The number of methoxy groups -OCH3 is 4. The van der Waals surface area contributed by atoms with Crippen LogP contribution in [0.2, 0.25) is 5.02 Å². The van der Waals surface area contributed by atoms with Gasteiger partial charge in [0.25, 0.3) is 0 Å². The van der Waals surface area contributed by atoms with Crippen molar-refractivity contribution in [3.8, 4) is 40.6 Å². The maximum Gasteiger partial charge on any atom is 0.343 e. The van der Waals surface area contributed by atoms with Crippen molar-refractivity contribution in [2.75, 3.05) is 28.4 Å². The zero-order valence-corrected chi connectivity index (χ0v) is 21.2. The Balaban J connectivity index is 1.73. The van der Waals surface area contributed by atoms with Gasteiger partial charge in [0.2, 0.25) is 11.6 Å². The van der Waals surface area contributed by atoms with Crippen LogP contribution in [0.4, 0.5) is 0 Å². The monoisotopic (exact) mass is 522 g/mol. The molecule has 0 radical (unpaired) electrons. The predicted octanol–water partition coefficient (Wildman–Crippen LogP) is 4.81. The summed E-state index contributed by atoms with van der Waals surface area (Å²) in [5, 5.41) is 10.2. The first kappa shape index (κ1) is 25.5. The van der Waals surface area contributed by atoms with Crippen LogP contribution in [0.3, 0.4) is 0 Å². The van der Waals surface area contributed by atoms with Gasteiger partial charge in [-0.2, -0.15) is 5.26 Å². The largest absolute Gasteiger partial charge is 0.495 e. The quantitative estimate of drug-likeness (QED) is 0.344. The van der Waals surface area contributed by atoms with Gasteiger partial charge in [-0.05, 0) is 42.0 Å². The van der Waals surface area contributed by atoms with E-state index in [0.717, 1.165) is 0 Å². The molecule has 4 rings (SSSR count). The fraction of sp³-hybridized carbons (Fsp3) is 0.185. The third kappa shape index (κ3) is 4.79. The molecule has 9 nitrogen and oxygen atoms in total. The molecule has 37 heavy (non-hydrogen) atoms. The molecule has 190 valence electrons. The van der Waals surface area contributed by atoms with E-state index in [2.05, 4.69) is 6.07 Å². The van der Waals surface area contributed by atoms with Crippen molar-refractivity contribution >= 4 is 17.6 Å². The molecule has 0 bridgehead atoms. The van der Waals surface area contributed by atoms with Crippen LogP contribution in [-0.2, 0) is 0 Å². The molecule has 0 aliphatic carbocycles. The molecule has 3 aromatic rings. The number of esters is 1. The Labute approximate surface area is 218 Å². The number of allylic oxidation sites excluding steroid dienone is 1. The molecule has 0 aromatic heterocycles. The first-order valence-corrected chi connectivity index (χ1v) is 11.3. The minimum atomic E-state index is -0.622. The van der Waals surface area contributed by atoms with Gasteiger partial charge in [0.15, 0.2) is 11.5 Å². The van der Waals surface area contributed by atoms with E-state index in [1.54, 1.807) is 36.4 Å². The Morgan fingerprint density at radius 1 is 0.946 bits per heavy atom. The molecule has 0 spiro atoms. The van der Waals surface area contributed by atoms with Crippen molar-refractivity contribution in [1.82, 2.24) is 0 Å². The smallest absolute Gasteiger partial charge is 0.343 e. The van der Waals surface area contributed by atoms with Crippen LogP contribution in [0.5, 0.6) is 34.5 Å². The third-order valence-corrected chi connectivity index (χ3v) is 6.10. The van der Waals surface area contributed by atoms with Crippen LogP contribution >= 0.6 is 11.6 Å². The molecule has 2 N–H and O–H groups in total. The number of benzene rings is 3. The number of nitriles is 1. The number of carbonyl (C=O) groups excluding carboxylic acids is 1. The first-order valence-electron chi connectivity index (χ1n) is 10.9. The second-order valence-electron chi connectivity index (χ2n) is 7.82. The highest BCUT2D eigenvalue weighted by atomic mass is 35.5. The lowest BCUT2D eigenvalue weighted by Crippen LogP contribution is -2.21. The highest BCUT2D eigenvalue weighted by Gasteiger charge is 2.32. The lowest BCUT2D eigenvalue weighted by atomic mass is 9.83. The molecule has 10 heteroatoms. The fourth-order valence-electron chi connectivity index (χ4n) is 4.07. The van der Waals surface area contributed by atoms with E-state index >= 15 is 0 Å². The normalized spacial score (nSPS) is 14.1. The SMILES string of the molecule is COc1ccc(C(=O)Oc2ccc3c(c2)OC(N)=C(C#N)C3c2cc(OC)c(OC)c(OC)c2)cc1Cl. The number of hydrogen-bond donors (Lipinski definition) is 1. The summed E-state index contributed by atoms with van der Waals surface area (Å²) in [4.78, 5) is 12.7. The molecule has 1 unspecified atom stereocenters. The van der Waals surface area contributed by atoms with Gasteiger partial charge in [-0.3, -0.25) is 0 Å². The van der Waals surface area contributed by atoms with Crippen molar-refractivity contribution < 1.29 is 33.2 Å². The van der Waals surface area contributed by atoms with E-state index in [0.29, 0.717) is 39.9 Å². The van der Waals surface area contributed by atoms with E-state index in [4.69, 9.17) is 45.8 Å². The Bertz CT molecular complexity index is 1420. The Hall–Kier alpha value is -4.55. The molecule has 0 saturated carbocycles. The van der Waals surface area contributed by atoms with Crippen molar-refractivity contribution in [2.24, 2.45) is 5.73 Å². The summed E-state index contributed by atoms with van der Waals surface area (Å²) in [6.45, 7) is 0. The van der Waals surface area contributed by atoms with E-state index in [1.807, 2.05) is 0 Å². The summed E-state index contributed by atoms with van der Waals surface area (Å²) in [6.07, 6.45) is 0. The van der Waals surface area contributed by atoms with Crippen LogP contribution < -0.4 is 34.2 Å². The van der Waals surface area contributed by atoms with Crippen molar-refractivity contribution in [1.29, 1.82) is 5.26 Å². The lowest BCUT2D eigenvalue weighted by Gasteiger charge is -2.27. The fourth-order valence-corrected chi connectivity index (χ4v) is 4.33. The van der Waals surface area contributed by atoms with E-state index in [1.165, 1.54) is 40.6 Å². The summed E-state index contributed by atoms with van der Waals surface area (Å²) in [5.74, 6) is 0.940. The van der Waals surface area contributed by atoms with Gasteiger partial charge in [-0.15, -0.1) is 0 Å². The van der Waals surface area contributed by atoms with E-state index < -0.39 is 11.9 Å². The molecule has 1 aliphatic rings. The van der Waals surface area contributed by atoms with Gasteiger partial charge < -0.3 is 34.2 Å². The Morgan fingerprint density at radius 2 is 1.62 bits per heavy atom. The van der Waals surface area contributed by atoms with Crippen LogP contribution in [0.25, 0.3) is 0 Å². The third-order valence-electron chi connectivity index (χ3n) is 5.81. The molecule has 0 saturated heterocycles. The molecule has 1 aliphatic heterocycles. The molecule has 0 amide bonds. The second-order valence-corrected chi connectivity index (χ2v) is 8.23. The Morgan fingerprint density at radius 3 is 2.19 bits per heavy atom. The van der Waals surface area contributed by atoms with E-state index in [9.17, 15) is 10.1 Å². The number of halogens is 1. The van der Waals surface area contributed by atoms with Gasteiger partial charge >= 0.3 is 5.97 Å². The molecule has 3 aromatic carbocycles. The molecular formula is C27H23ClN2O7. The lowest BCUT2D eigenvalue weighted by molar-refractivity contribution is 0.0734. The van der Waals surface area contributed by atoms with Crippen LogP contribution in [-0.4, -0.2) is 34.4 Å². The minimum Gasteiger partial charge on any atom is -0.495 e. The number of nitrogens with two attached hydrogens (primary N) is 1. The zero-order chi connectivity index (χ0) is 26.7. The number of nitrogens with zero attached hydrogens (tertiary/aromatic N) is 1. The number of carbonyl (C=O) groups is 1. The summed E-state index contributed by atoms with van der Waals surface area (Å²) in [6, 6.07) is 15.0. The van der Waals surface area contributed by atoms with Crippen molar-refractivity contribution in [3.63, 3.8) is 0 Å². The van der Waals surface area contributed by atoms with Crippen molar-refractivity contribution in [3.05, 3.63) is 81.7 Å². The van der Waals surface area contributed by atoms with Gasteiger partial charge in [0, 0.05) is 11.6 Å². The Kier molecular flexibility index (Phi) is 7.32. The average molecular weight is 523 g/mol. The topological polar surface area (TPSA) is 122 Å². The maximum atomic E-state index is 12.7. The van der Waals surface area contributed by atoms with Crippen LogP contribution in [0.1, 0.15) is 27.4 Å².